The van der Waals surface area contributed by atoms with Gasteiger partial charge in [0.15, 0.2) is 0 Å². The molecule has 26 heavy (non-hydrogen) atoms. The van der Waals surface area contributed by atoms with Crippen LogP contribution in [0.5, 0.6) is 0 Å². The first-order chi connectivity index (χ1) is 12.8. The summed E-state index contributed by atoms with van der Waals surface area (Å²) in [5.74, 6) is 0. The Balaban J connectivity index is 1.95. The van der Waals surface area contributed by atoms with Crippen molar-refractivity contribution in [3.05, 3.63) is 114 Å². The third-order valence-corrected chi connectivity index (χ3v) is 7.53. The maximum absolute atomic E-state index is 3.74. The molecular formula is C24H18BrP. The van der Waals surface area contributed by atoms with Gasteiger partial charge < -0.3 is 0 Å². The van der Waals surface area contributed by atoms with Crippen molar-refractivity contribution >= 4 is 39.8 Å². The van der Waals surface area contributed by atoms with Crippen LogP contribution >= 0.6 is 23.9 Å². The Bertz CT molecular complexity index is 957. The molecule has 0 N–H and O–H groups in total. The molecule has 0 aliphatic heterocycles. The lowest BCUT2D eigenvalue weighted by atomic mass is 10.1. The summed E-state index contributed by atoms with van der Waals surface area (Å²) in [5.41, 5.74) is 2.53. The average Bonchev–Trinajstić information content (AvgIpc) is 2.71. The van der Waals surface area contributed by atoms with Gasteiger partial charge in [-0.1, -0.05) is 119 Å². The van der Waals surface area contributed by atoms with E-state index in [1.54, 1.807) is 0 Å². The van der Waals surface area contributed by atoms with Crippen molar-refractivity contribution in [3.8, 4) is 11.1 Å². The van der Waals surface area contributed by atoms with Crippen LogP contribution in [-0.2, 0) is 0 Å². The fourth-order valence-electron chi connectivity index (χ4n) is 3.16. The summed E-state index contributed by atoms with van der Waals surface area (Å²) in [7, 11) is -0.624. The molecule has 0 amide bonds. The van der Waals surface area contributed by atoms with E-state index in [-0.39, 0.29) is 0 Å². The van der Waals surface area contributed by atoms with E-state index >= 15 is 0 Å². The minimum absolute atomic E-state index is 0.624. The molecule has 0 spiro atoms. The summed E-state index contributed by atoms with van der Waals surface area (Å²) in [6, 6.07) is 38.9. The van der Waals surface area contributed by atoms with Crippen LogP contribution < -0.4 is 15.9 Å². The van der Waals surface area contributed by atoms with Crippen LogP contribution in [-0.4, -0.2) is 0 Å². The Labute approximate surface area is 164 Å². The molecule has 0 aromatic heterocycles. The number of hydrogen-bond donors (Lipinski definition) is 0. The van der Waals surface area contributed by atoms with Crippen molar-refractivity contribution in [1.82, 2.24) is 0 Å². The van der Waals surface area contributed by atoms with Gasteiger partial charge in [0.2, 0.25) is 0 Å². The second kappa shape index (κ2) is 7.99. The molecular weight excluding hydrogens is 399 g/mol. The lowest BCUT2D eigenvalue weighted by Crippen LogP contribution is -2.22. The monoisotopic (exact) mass is 416 g/mol. The third kappa shape index (κ3) is 3.51. The Morgan fingerprint density at radius 3 is 1.50 bits per heavy atom. The molecule has 0 unspecified atom stereocenters. The van der Waals surface area contributed by atoms with Gasteiger partial charge in [0.25, 0.3) is 0 Å². The van der Waals surface area contributed by atoms with Gasteiger partial charge in [0, 0.05) is 4.47 Å². The van der Waals surface area contributed by atoms with Crippen molar-refractivity contribution in [1.29, 1.82) is 0 Å². The Hall–Kier alpha value is -2.21. The van der Waals surface area contributed by atoms with Crippen molar-refractivity contribution in [2.24, 2.45) is 0 Å². The molecule has 0 bridgehead atoms. The second-order valence-corrected chi connectivity index (χ2v) is 9.04. The van der Waals surface area contributed by atoms with Crippen LogP contribution in [0.4, 0.5) is 0 Å². The number of hydrogen-bond acceptors (Lipinski definition) is 0. The van der Waals surface area contributed by atoms with Crippen molar-refractivity contribution < 1.29 is 0 Å². The van der Waals surface area contributed by atoms with Gasteiger partial charge in [-0.2, -0.15) is 0 Å². The molecule has 0 saturated heterocycles. The molecule has 126 valence electrons. The summed E-state index contributed by atoms with van der Waals surface area (Å²) >= 11 is 3.74. The third-order valence-electron chi connectivity index (χ3n) is 4.34. The van der Waals surface area contributed by atoms with Gasteiger partial charge in [-0.3, -0.25) is 0 Å². The first-order valence-corrected chi connectivity index (χ1v) is 10.7. The molecule has 0 fully saturated rings. The van der Waals surface area contributed by atoms with E-state index in [2.05, 4.69) is 125 Å². The van der Waals surface area contributed by atoms with Gasteiger partial charge in [0.1, 0.15) is 0 Å². The van der Waals surface area contributed by atoms with E-state index < -0.39 is 7.92 Å². The first kappa shape index (κ1) is 17.2. The van der Waals surface area contributed by atoms with Crippen molar-refractivity contribution in [2.75, 3.05) is 0 Å². The van der Waals surface area contributed by atoms with E-state index in [1.807, 2.05) is 0 Å². The highest BCUT2D eigenvalue weighted by molar-refractivity contribution is 9.10. The van der Waals surface area contributed by atoms with E-state index in [4.69, 9.17) is 0 Å². The predicted molar refractivity (Wildman–Crippen MR) is 118 cm³/mol. The molecule has 0 saturated carbocycles. The smallest absolute Gasteiger partial charge is 0.0253 e. The zero-order valence-electron chi connectivity index (χ0n) is 14.2. The predicted octanol–water partition coefficient (Wildman–Crippen LogP) is 5.87. The molecule has 0 radical (unpaired) electrons. The minimum atomic E-state index is -0.624. The molecule has 4 rings (SSSR count). The van der Waals surface area contributed by atoms with Crippen LogP contribution in [0.25, 0.3) is 11.1 Å². The fourth-order valence-corrected chi connectivity index (χ4v) is 6.12. The summed E-state index contributed by atoms with van der Waals surface area (Å²) in [6.07, 6.45) is 0. The number of halogens is 1. The van der Waals surface area contributed by atoms with E-state index in [1.165, 1.54) is 27.0 Å². The van der Waals surface area contributed by atoms with Gasteiger partial charge >= 0.3 is 0 Å². The van der Waals surface area contributed by atoms with E-state index in [0.29, 0.717) is 0 Å². The van der Waals surface area contributed by atoms with E-state index in [0.717, 1.165) is 4.47 Å². The quantitative estimate of drug-likeness (QED) is 0.364. The molecule has 4 aromatic rings. The van der Waals surface area contributed by atoms with Crippen molar-refractivity contribution in [3.63, 3.8) is 0 Å². The standard InChI is InChI=1S/C24H18BrP/c25-23-17-9-7-15-21(23)22-16-8-10-18-24(22)26(19-11-3-1-4-12-19)20-13-5-2-6-14-20/h1-18H. The average molecular weight is 417 g/mol. The molecule has 0 atom stereocenters. The Morgan fingerprint density at radius 1 is 0.462 bits per heavy atom. The first-order valence-electron chi connectivity index (χ1n) is 8.59. The minimum Gasteiger partial charge on any atom is -0.0622 e. The Kier molecular flexibility index (Phi) is 5.29. The fraction of sp³-hybridized carbons (Fsp3) is 0. The van der Waals surface area contributed by atoms with Crippen LogP contribution in [0, 0.1) is 0 Å². The van der Waals surface area contributed by atoms with Crippen LogP contribution in [0.3, 0.4) is 0 Å². The van der Waals surface area contributed by atoms with Crippen LogP contribution in [0.15, 0.2) is 114 Å². The van der Waals surface area contributed by atoms with Gasteiger partial charge in [-0.15, -0.1) is 0 Å². The highest BCUT2D eigenvalue weighted by Gasteiger charge is 2.20. The van der Waals surface area contributed by atoms with Gasteiger partial charge in [0.05, 0.1) is 0 Å². The molecule has 2 heteroatoms. The zero-order chi connectivity index (χ0) is 17.8. The molecule has 0 aliphatic carbocycles. The van der Waals surface area contributed by atoms with Crippen LogP contribution in [0.2, 0.25) is 0 Å². The largest absolute Gasteiger partial charge is 0.0622 e. The SMILES string of the molecule is Brc1ccccc1-c1ccccc1P(c1ccccc1)c1ccccc1. The van der Waals surface area contributed by atoms with E-state index in [9.17, 15) is 0 Å². The number of benzene rings is 4. The van der Waals surface area contributed by atoms with Crippen LogP contribution in [0.1, 0.15) is 0 Å². The zero-order valence-corrected chi connectivity index (χ0v) is 16.7. The lowest BCUT2D eigenvalue weighted by molar-refractivity contribution is 1.60. The molecule has 0 heterocycles. The highest BCUT2D eigenvalue weighted by Crippen LogP contribution is 2.38. The summed E-state index contributed by atoms with van der Waals surface area (Å²) in [4.78, 5) is 0. The summed E-state index contributed by atoms with van der Waals surface area (Å²) in [6.45, 7) is 0. The maximum Gasteiger partial charge on any atom is 0.0253 e. The lowest BCUT2D eigenvalue weighted by Gasteiger charge is -2.22. The molecule has 4 aromatic carbocycles. The normalized spacial score (nSPS) is 10.8. The second-order valence-electron chi connectivity index (χ2n) is 6.00. The summed E-state index contributed by atoms with van der Waals surface area (Å²) in [5, 5.41) is 4.12. The Morgan fingerprint density at radius 2 is 0.923 bits per heavy atom. The van der Waals surface area contributed by atoms with Gasteiger partial charge in [-0.05, 0) is 41.0 Å². The maximum atomic E-state index is 3.74. The molecule has 0 nitrogen and oxygen atoms in total. The molecule has 0 aliphatic rings. The summed E-state index contributed by atoms with van der Waals surface area (Å²) < 4.78 is 1.13. The van der Waals surface area contributed by atoms with Gasteiger partial charge in [-0.25, -0.2) is 0 Å². The van der Waals surface area contributed by atoms with Crippen molar-refractivity contribution in [2.45, 2.75) is 0 Å². The topological polar surface area (TPSA) is 0 Å². The highest BCUT2D eigenvalue weighted by atomic mass is 79.9. The number of rotatable bonds is 4.